The van der Waals surface area contributed by atoms with Gasteiger partial charge in [-0.3, -0.25) is 5.32 Å². The summed E-state index contributed by atoms with van der Waals surface area (Å²) in [6, 6.07) is 7.92. The molecule has 1 aliphatic rings. The van der Waals surface area contributed by atoms with Crippen LogP contribution in [0.2, 0.25) is 0 Å². The first kappa shape index (κ1) is 10.4. The highest BCUT2D eigenvalue weighted by atomic mass is 16.2. The molecule has 1 saturated heterocycles. The van der Waals surface area contributed by atoms with Crippen molar-refractivity contribution >= 4 is 12.1 Å². The van der Waals surface area contributed by atoms with Crippen molar-refractivity contribution in [3.63, 3.8) is 0 Å². The first-order valence-electron chi connectivity index (χ1n) is 4.85. The van der Waals surface area contributed by atoms with Gasteiger partial charge < -0.3 is 11.1 Å². The summed E-state index contributed by atoms with van der Waals surface area (Å²) in [5, 5.41) is 5.48. The fourth-order valence-corrected chi connectivity index (χ4v) is 1.65. The molecule has 1 unspecified atom stereocenters. The van der Waals surface area contributed by atoms with Crippen molar-refractivity contribution < 1.29 is 9.59 Å². The minimum Gasteiger partial charge on any atom is -0.351 e. The number of rotatable bonds is 1. The van der Waals surface area contributed by atoms with Gasteiger partial charge in [0.2, 0.25) is 0 Å². The van der Waals surface area contributed by atoms with Crippen LogP contribution in [0, 0.1) is 0 Å². The van der Waals surface area contributed by atoms with Crippen molar-refractivity contribution in [2.75, 3.05) is 6.67 Å². The van der Waals surface area contributed by atoms with Gasteiger partial charge in [0.25, 0.3) is 0 Å². The molecule has 0 bridgehead atoms. The van der Waals surface area contributed by atoms with E-state index < -0.39 is 18.2 Å². The molecule has 1 fully saturated rings. The molecule has 0 saturated carbocycles. The van der Waals surface area contributed by atoms with Crippen LogP contribution in [0.1, 0.15) is 11.7 Å². The van der Waals surface area contributed by atoms with Crippen LogP contribution in [0.4, 0.5) is 9.59 Å². The van der Waals surface area contributed by atoms with Crippen LogP contribution in [0.3, 0.4) is 0 Å². The van der Waals surface area contributed by atoms with Gasteiger partial charge in [0.05, 0.1) is 6.67 Å². The Hall–Kier alpha value is -2.08. The van der Waals surface area contributed by atoms with Gasteiger partial charge in [-0.15, -0.1) is 0 Å². The number of amides is 4. The van der Waals surface area contributed by atoms with Gasteiger partial charge in [0, 0.05) is 0 Å². The highest BCUT2D eigenvalue weighted by Crippen LogP contribution is 2.19. The molecule has 1 aromatic rings. The van der Waals surface area contributed by atoms with Gasteiger partial charge in [-0.1, -0.05) is 30.3 Å². The number of nitrogens with zero attached hydrogens (tertiary/aromatic N) is 1. The number of imide groups is 1. The van der Waals surface area contributed by atoms with E-state index in [4.69, 9.17) is 5.73 Å². The Morgan fingerprint density at radius 3 is 2.69 bits per heavy atom. The van der Waals surface area contributed by atoms with Crippen molar-refractivity contribution in [3.05, 3.63) is 35.9 Å². The van der Waals surface area contributed by atoms with Crippen LogP contribution < -0.4 is 16.4 Å². The quantitative estimate of drug-likeness (QED) is 0.637. The molecule has 4 N–H and O–H groups in total. The average Bonchev–Trinajstić information content (AvgIpc) is 2.29. The summed E-state index contributed by atoms with van der Waals surface area (Å²) < 4.78 is 0. The number of carbonyl (C=O) groups excluding carboxylic acids is 2. The van der Waals surface area contributed by atoms with Crippen molar-refractivity contribution in [2.24, 2.45) is 5.73 Å². The number of hydrogen-bond donors (Lipinski definition) is 3. The van der Waals surface area contributed by atoms with Gasteiger partial charge in [0.1, 0.15) is 6.17 Å². The molecule has 1 aliphatic heterocycles. The number of nitrogens with two attached hydrogens (primary N) is 1. The van der Waals surface area contributed by atoms with Gasteiger partial charge in [-0.05, 0) is 5.56 Å². The third-order valence-corrected chi connectivity index (χ3v) is 2.36. The second-order valence-corrected chi connectivity index (χ2v) is 3.38. The Labute approximate surface area is 92.4 Å². The highest BCUT2D eigenvalue weighted by molar-refractivity contribution is 5.93. The van der Waals surface area contributed by atoms with E-state index in [0.29, 0.717) is 6.67 Å². The number of carbonyl (C=O) groups is 2. The van der Waals surface area contributed by atoms with E-state index in [1.54, 1.807) is 0 Å². The van der Waals surface area contributed by atoms with E-state index >= 15 is 0 Å². The Kier molecular flexibility index (Phi) is 2.74. The third kappa shape index (κ3) is 1.82. The zero-order chi connectivity index (χ0) is 11.5. The average molecular weight is 220 g/mol. The van der Waals surface area contributed by atoms with Crippen LogP contribution in [0.25, 0.3) is 0 Å². The number of nitrogens with one attached hydrogen (secondary N) is 2. The molecule has 4 amide bonds. The molecule has 1 aromatic carbocycles. The van der Waals surface area contributed by atoms with Crippen LogP contribution in [-0.2, 0) is 0 Å². The first-order valence-corrected chi connectivity index (χ1v) is 4.85. The summed E-state index contributed by atoms with van der Waals surface area (Å²) in [6.07, 6.45) is -0.507. The molecular weight excluding hydrogens is 208 g/mol. The summed E-state index contributed by atoms with van der Waals surface area (Å²) in [4.78, 5) is 23.6. The Balaban J connectivity index is 2.31. The van der Waals surface area contributed by atoms with Crippen molar-refractivity contribution in [1.29, 1.82) is 0 Å². The van der Waals surface area contributed by atoms with Gasteiger partial charge in [-0.25, -0.2) is 14.5 Å². The molecule has 0 spiro atoms. The smallest absolute Gasteiger partial charge is 0.328 e. The molecule has 6 nitrogen and oxygen atoms in total. The van der Waals surface area contributed by atoms with Crippen LogP contribution in [0.15, 0.2) is 30.3 Å². The summed E-state index contributed by atoms with van der Waals surface area (Å²) >= 11 is 0. The second kappa shape index (κ2) is 4.19. The van der Waals surface area contributed by atoms with Gasteiger partial charge in [0.15, 0.2) is 0 Å². The zero-order valence-electron chi connectivity index (χ0n) is 8.51. The minimum absolute atomic E-state index is 0.308. The summed E-state index contributed by atoms with van der Waals surface area (Å²) in [6.45, 7) is 0.308. The normalized spacial score (nSPS) is 20.4. The van der Waals surface area contributed by atoms with Gasteiger partial charge >= 0.3 is 12.1 Å². The van der Waals surface area contributed by atoms with Crippen LogP contribution in [0.5, 0.6) is 0 Å². The fraction of sp³-hybridized carbons (Fsp3) is 0.200. The molecule has 6 heteroatoms. The number of urea groups is 2. The molecule has 16 heavy (non-hydrogen) atoms. The predicted molar refractivity (Wildman–Crippen MR) is 57.1 cm³/mol. The minimum atomic E-state index is -0.779. The Morgan fingerprint density at radius 1 is 1.38 bits per heavy atom. The van der Waals surface area contributed by atoms with E-state index in [1.807, 2.05) is 30.3 Å². The topological polar surface area (TPSA) is 87.5 Å². The summed E-state index contributed by atoms with van der Waals surface area (Å²) in [5.74, 6) is 0. The molecular formula is C10H12N4O2. The standard InChI is InChI=1S/C10H12N4O2/c11-9(15)14-8(12-6-13-10(14)16)7-4-2-1-3-5-7/h1-5,8,12H,6H2,(H2,11,15)(H,13,16). The molecule has 0 aliphatic carbocycles. The largest absolute Gasteiger partial charge is 0.351 e. The van der Waals surface area contributed by atoms with E-state index in [1.165, 1.54) is 0 Å². The Bertz CT molecular complexity index is 407. The third-order valence-electron chi connectivity index (χ3n) is 2.36. The lowest BCUT2D eigenvalue weighted by Crippen LogP contribution is -2.59. The SMILES string of the molecule is NC(=O)N1C(=O)NCNC1c1ccccc1. The lowest BCUT2D eigenvalue weighted by atomic mass is 10.1. The van der Waals surface area contributed by atoms with Crippen molar-refractivity contribution in [3.8, 4) is 0 Å². The molecule has 2 rings (SSSR count). The van der Waals surface area contributed by atoms with E-state index in [-0.39, 0.29) is 0 Å². The number of primary amides is 1. The Morgan fingerprint density at radius 2 is 2.06 bits per heavy atom. The lowest BCUT2D eigenvalue weighted by molar-refractivity contribution is 0.149. The molecule has 84 valence electrons. The maximum atomic E-state index is 11.5. The van der Waals surface area contributed by atoms with Crippen molar-refractivity contribution in [1.82, 2.24) is 15.5 Å². The van der Waals surface area contributed by atoms with E-state index in [2.05, 4.69) is 10.6 Å². The summed E-state index contributed by atoms with van der Waals surface area (Å²) in [5.41, 5.74) is 5.99. The van der Waals surface area contributed by atoms with E-state index in [0.717, 1.165) is 10.5 Å². The lowest BCUT2D eigenvalue weighted by Gasteiger charge is -2.34. The molecule has 0 aromatic heterocycles. The zero-order valence-corrected chi connectivity index (χ0v) is 8.51. The van der Waals surface area contributed by atoms with E-state index in [9.17, 15) is 9.59 Å². The first-order chi connectivity index (χ1) is 7.70. The monoisotopic (exact) mass is 220 g/mol. The molecule has 1 atom stereocenters. The molecule has 0 radical (unpaired) electrons. The summed E-state index contributed by atoms with van der Waals surface area (Å²) in [7, 11) is 0. The molecule has 1 heterocycles. The van der Waals surface area contributed by atoms with Crippen molar-refractivity contribution in [2.45, 2.75) is 6.17 Å². The fourth-order valence-electron chi connectivity index (χ4n) is 1.65. The van der Waals surface area contributed by atoms with Gasteiger partial charge in [-0.2, -0.15) is 0 Å². The second-order valence-electron chi connectivity index (χ2n) is 3.38. The number of hydrogen-bond acceptors (Lipinski definition) is 3. The predicted octanol–water partition coefficient (Wildman–Crippen LogP) is 0.336. The maximum absolute atomic E-state index is 11.5. The number of benzene rings is 1. The van der Waals surface area contributed by atoms with Crippen LogP contribution >= 0.6 is 0 Å². The highest BCUT2D eigenvalue weighted by Gasteiger charge is 2.32. The maximum Gasteiger partial charge on any atom is 0.328 e. The van der Waals surface area contributed by atoms with Crippen LogP contribution in [-0.4, -0.2) is 23.6 Å².